The Hall–Kier alpha value is -4.88. The minimum atomic E-state index is -2.71. The Kier molecular flexibility index (Phi) is 5.76. The molecule has 46 heavy (non-hydrogen) atoms. The van der Waals surface area contributed by atoms with Crippen LogP contribution in [0.25, 0.3) is 27.5 Å². The number of aromatic nitrogens is 1. The van der Waals surface area contributed by atoms with E-state index in [1.807, 2.05) is 11.8 Å². The molecule has 0 saturated heterocycles. The predicted octanol–water partition coefficient (Wildman–Crippen LogP) is 5.19. The van der Waals surface area contributed by atoms with Gasteiger partial charge in [-0.2, -0.15) is 0 Å². The van der Waals surface area contributed by atoms with E-state index in [1.165, 1.54) is 52.8 Å². The monoisotopic (exact) mass is 635 g/mol. The average Bonchev–Trinajstić information content (AvgIpc) is 3.46. The molecule has 2 aliphatic rings. The van der Waals surface area contributed by atoms with Crippen molar-refractivity contribution in [1.82, 2.24) is 4.57 Å². The summed E-state index contributed by atoms with van der Waals surface area (Å²) in [6.07, 6.45) is 0. The summed E-state index contributed by atoms with van der Waals surface area (Å²) in [6, 6.07) is 64.7. The van der Waals surface area contributed by atoms with Gasteiger partial charge in [-0.25, -0.2) is 0 Å². The van der Waals surface area contributed by atoms with Crippen LogP contribution >= 0.6 is 11.8 Å². The Labute approximate surface area is 275 Å². The Morgan fingerprint density at radius 2 is 0.957 bits per heavy atom. The molecule has 0 aliphatic carbocycles. The van der Waals surface area contributed by atoms with Gasteiger partial charge in [-0.15, -0.1) is 0 Å². The summed E-state index contributed by atoms with van der Waals surface area (Å²) in [5, 5.41) is 13.4. The van der Waals surface area contributed by atoms with E-state index in [-0.39, 0.29) is 0 Å². The first-order valence-corrected chi connectivity index (χ1v) is 20.5. The highest BCUT2D eigenvalue weighted by Crippen LogP contribution is 2.35. The normalized spacial score (nSPS) is 15.7. The van der Waals surface area contributed by atoms with Crippen molar-refractivity contribution in [3.63, 3.8) is 0 Å². The summed E-state index contributed by atoms with van der Waals surface area (Å²) >= 11 is 1.94. The molecule has 1 aromatic heterocycles. The third kappa shape index (κ3) is 3.52. The van der Waals surface area contributed by atoms with Gasteiger partial charge in [-0.05, 0) is 57.1 Å². The minimum Gasteiger partial charge on any atom is -0.309 e. The quantitative estimate of drug-likeness (QED) is 0.237. The van der Waals surface area contributed by atoms with Crippen molar-refractivity contribution in [2.45, 2.75) is 9.79 Å². The molecule has 0 amide bonds. The predicted molar refractivity (Wildman–Crippen MR) is 201 cm³/mol. The molecule has 1 nitrogen and oxygen atoms in total. The Bertz CT molecular complexity index is 2380. The van der Waals surface area contributed by atoms with Gasteiger partial charge in [0.05, 0.1) is 11.0 Å². The van der Waals surface area contributed by atoms with Crippen molar-refractivity contribution in [2.75, 3.05) is 0 Å². The van der Waals surface area contributed by atoms with E-state index >= 15 is 0 Å². The lowest BCUT2D eigenvalue weighted by Crippen LogP contribution is -2.87. The second kappa shape index (κ2) is 10.1. The Morgan fingerprint density at radius 3 is 1.63 bits per heavy atom. The summed E-state index contributed by atoms with van der Waals surface area (Å²) in [7, 11) is -4.49. The zero-order chi connectivity index (χ0) is 30.2. The molecule has 0 saturated carbocycles. The van der Waals surface area contributed by atoms with Crippen LogP contribution in [0, 0.1) is 0 Å². The fourth-order valence-electron chi connectivity index (χ4n) is 8.44. The summed E-state index contributed by atoms with van der Waals surface area (Å²) in [4.78, 5) is 2.80. The van der Waals surface area contributed by atoms with Gasteiger partial charge in [0.2, 0.25) is 0 Å². The Morgan fingerprint density at radius 1 is 0.435 bits per heavy atom. The lowest BCUT2D eigenvalue weighted by atomic mass is 10.2. The molecule has 1 unspecified atom stereocenters. The highest BCUT2D eigenvalue weighted by atomic mass is 32.2. The van der Waals surface area contributed by atoms with Gasteiger partial charge in [-0.1, -0.05) is 161 Å². The van der Waals surface area contributed by atoms with Gasteiger partial charge in [0.25, 0.3) is 0 Å². The highest BCUT2D eigenvalue weighted by Gasteiger charge is 2.52. The highest BCUT2D eigenvalue weighted by molar-refractivity contribution is 8.00. The van der Waals surface area contributed by atoms with Crippen molar-refractivity contribution < 1.29 is 0 Å². The number of fused-ring (bicyclic) bond motifs is 11. The van der Waals surface area contributed by atoms with Crippen molar-refractivity contribution in [3.05, 3.63) is 170 Å². The first-order chi connectivity index (χ1) is 22.8. The number of benzene rings is 7. The second-order valence-corrected chi connectivity index (χ2v) is 19.9. The minimum absolute atomic E-state index is 1.25. The first-order valence-electron chi connectivity index (χ1n) is 16.0. The number of hydrogen-bond donors (Lipinski definition) is 0. The zero-order valence-corrected chi connectivity index (χ0v) is 28.1. The van der Waals surface area contributed by atoms with Crippen LogP contribution in [-0.4, -0.2) is 21.4 Å². The molecule has 2 aliphatic heterocycles. The van der Waals surface area contributed by atoms with Crippen LogP contribution in [0.15, 0.2) is 180 Å². The van der Waals surface area contributed by atoms with E-state index in [9.17, 15) is 0 Å². The van der Waals surface area contributed by atoms with Crippen molar-refractivity contribution in [3.8, 4) is 5.69 Å². The summed E-state index contributed by atoms with van der Waals surface area (Å²) in [6.45, 7) is 0. The van der Waals surface area contributed by atoms with Gasteiger partial charge in [0, 0.05) is 26.3 Å². The summed E-state index contributed by atoms with van der Waals surface area (Å²) in [5.41, 5.74) is 3.76. The summed E-state index contributed by atoms with van der Waals surface area (Å²) in [5.74, 6) is 0. The van der Waals surface area contributed by atoms with Crippen LogP contribution in [0.4, 0.5) is 0 Å². The molecular formula is C42H29NSSi2. The van der Waals surface area contributed by atoms with E-state index in [2.05, 4.69) is 174 Å². The van der Waals surface area contributed by atoms with Gasteiger partial charge in [0.1, 0.15) is 8.80 Å². The molecule has 216 valence electrons. The van der Waals surface area contributed by atoms with Crippen molar-refractivity contribution in [2.24, 2.45) is 0 Å². The van der Waals surface area contributed by atoms with Crippen molar-refractivity contribution in [1.29, 1.82) is 0 Å². The molecule has 0 radical (unpaired) electrons. The van der Waals surface area contributed by atoms with Crippen LogP contribution in [0.5, 0.6) is 0 Å². The van der Waals surface area contributed by atoms with E-state index in [1.54, 1.807) is 20.7 Å². The standard InChI is InChI=1S/C42H29NSSi2/c1-2-14-30(15-3-1)45-37-22-10-13-25-41(37)46(39-23-11-8-20-35(39)44-36-21-9-12-24-40(36)46)42-28-29(26-27-38(42)45)43-33-18-6-4-16-31(33)32-17-5-7-19-34(32)43/h1-28,45H. The molecule has 10 rings (SSSR count). The zero-order valence-electron chi connectivity index (χ0n) is 25.1. The molecule has 0 fully saturated rings. The smallest absolute Gasteiger partial charge is 0.181 e. The first kappa shape index (κ1) is 26.4. The number of para-hydroxylation sites is 2. The van der Waals surface area contributed by atoms with Gasteiger partial charge >= 0.3 is 0 Å². The van der Waals surface area contributed by atoms with Crippen LogP contribution in [0.3, 0.4) is 0 Å². The molecule has 0 N–H and O–H groups in total. The molecule has 4 heteroatoms. The van der Waals surface area contributed by atoms with E-state index in [0.29, 0.717) is 0 Å². The van der Waals surface area contributed by atoms with Crippen LogP contribution in [0.1, 0.15) is 0 Å². The molecule has 1 atom stereocenters. The van der Waals surface area contributed by atoms with Crippen molar-refractivity contribution >= 4 is 86.7 Å². The summed E-state index contributed by atoms with van der Waals surface area (Å²) < 4.78 is 2.50. The van der Waals surface area contributed by atoms with Gasteiger partial charge in [0.15, 0.2) is 8.07 Å². The van der Waals surface area contributed by atoms with Gasteiger partial charge < -0.3 is 4.57 Å². The van der Waals surface area contributed by atoms with Crippen LogP contribution in [0.2, 0.25) is 0 Å². The fraction of sp³-hybridized carbons (Fsp3) is 0. The van der Waals surface area contributed by atoms with E-state index in [4.69, 9.17) is 0 Å². The second-order valence-electron chi connectivity index (χ2n) is 12.4. The lowest BCUT2D eigenvalue weighted by Gasteiger charge is -2.46. The van der Waals surface area contributed by atoms with Crippen LogP contribution in [-0.2, 0) is 0 Å². The molecule has 7 aromatic carbocycles. The van der Waals surface area contributed by atoms with Crippen LogP contribution < -0.4 is 36.3 Å². The van der Waals surface area contributed by atoms with E-state index in [0.717, 1.165) is 0 Å². The topological polar surface area (TPSA) is 4.93 Å². The molecule has 0 bridgehead atoms. The maximum absolute atomic E-state index is 2.71. The van der Waals surface area contributed by atoms with E-state index < -0.39 is 16.9 Å². The largest absolute Gasteiger partial charge is 0.309 e. The fourth-order valence-corrected chi connectivity index (χ4v) is 20.9. The number of nitrogens with zero attached hydrogens (tertiary/aromatic N) is 1. The average molecular weight is 636 g/mol. The lowest BCUT2D eigenvalue weighted by molar-refractivity contribution is 1.18. The maximum atomic E-state index is 2.61. The molecular weight excluding hydrogens is 607 g/mol. The third-order valence-corrected chi connectivity index (χ3v) is 20.6. The maximum Gasteiger partial charge on any atom is 0.181 e. The molecule has 3 heterocycles. The molecule has 1 spiro atoms. The SMILES string of the molecule is c1ccc([SiH]2c3ccccc3[Si]3(c4ccccc4Sc4ccccc43)c3cc(-n4c5ccccc5c5ccccc54)ccc32)cc1. The molecule has 8 aromatic rings. The Balaban J connectivity index is 1.38. The number of hydrogen-bond acceptors (Lipinski definition) is 1. The number of rotatable bonds is 2. The third-order valence-electron chi connectivity index (χ3n) is 10.2. The van der Waals surface area contributed by atoms with Gasteiger partial charge in [-0.3, -0.25) is 0 Å².